The van der Waals surface area contributed by atoms with Crippen molar-refractivity contribution in [3.63, 3.8) is 0 Å². The van der Waals surface area contributed by atoms with Crippen LogP contribution in [0.4, 0.5) is 4.39 Å². The van der Waals surface area contributed by atoms with E-state index in [4.69, 9.17) is 4.42 Å². The zero-order chi connectivity index (χ0) is 19.8. The van der Waals surface area contributed by atoms with Gasteiger partial charge < -0.3 is 14.6 Å². The predicted molar refractivity (Wildman–Crippen MR) is 101 cm³/mol. The van der Waals surface area contributed by atoms with Crippen molar-refractivity contribution in [2.45, 2.75) is 25.4 Å². The number of halogens is 1. The summed E-state index contributed by atoms with van der Waals surface area (Å²) in [4.78, 5) is 26.1. The van der Waals surface area contributed by atoms with E-state index in [0.717, 1.165) is 6.42 Å². The number of aromatic hydroxyl groups is 1. The highest BCUT2D eigenvalue weighted by Crippen LogP contribution is 2.31. The SMILES string of the molecule is O=C(O)[C@H]1CCCN1Cc1c(O)ccc2c(=O)c(-c3ccc(F)cc3)coc12. The van der Waals surface area contributed by atoms with Crippen molar-refractivity contribution in [3.8, 4) is 16.9 Å². The summed E-state index contributed by atoms with van der Waals surface area (Å²) in [7, 11) is 0. The van der Waals surface area contributed by atoms with Crippen LogP contribution in [0.1, 0.15) is 18.4 Å². The third kappa shape index (κ3) is 3.14. The smallest absolute Gasteiger partial charge is 0.320 e. The van der Waals surface area contributed by atoms with Crippen molar-refractivity contribution < 1.29 is 23.8 Å². The number of benzene rings is 2. The number of hydrogen-bond donors (Lipinski definition) is 2. The molecule has 0 spiro atoms. The first kappa shape index (κ1) is 18.2. The molecule has 0 bridgehead atoms. The maximum Gasteiger partial charge on any atom is 0.320 e. The standard InChI is InChI=1S/C21H18FNO5/c22-13-5-3-12(4-6-13)16-11-28-20-14(19(16)25)7-8-18(24)15(20)10-23-9-1-2-17(23)21(26)27/h3-8,11,17,24H,1-2,9-10H2,(H,26,27)/t17-/m1/s1. The Bertz CT molecular complexity index is 1110. The van der Waals surface area contributed by atoms with E-state index in [2.05, 4.69) is 0 Å². The fourth-order valence-corrected chi connectivity index (χ4v) is 3.73. The number of phenols is 1. The minimum atomic E-state index is -0.905. The normalized spacial score (nSPS) is 17.2. The molecule has 1 aliphatic rings. The monoisotopic (exact) mass is 383 g/mol. The molecule has 1 saturated heterocycles. The van der Waals surface area contributed by atoms with Crippen LogP contribution in [0.3, 0.4) is 0 Å². The first-order valence-corrected chi connectivity index (χ1v) is 8.95. The molecule has 4 rings (SSSR count). The molecule has 1 fully saturated rings. The molecule has 7 heteroatoms. The van der Waals surface area contributed by atoms with E-state index in [1.165, 1.54) is 42.7 Å². The highest BCUT2D eigenvalue weighted by molar-refractivity contribution is 5.85. The molecule has 144 valence electrons. The van der Waals surface area contributed by atoms with E-state index in [-0.39, 0.29) is 34.3 Å². The van der Waals surface area contributed by atoms with Crippen LogP contribution in [0.2, 0.25) is 0 Å². The molecule has 0 amide bonds. The molecule has 28 heavy (non-hydrogen) atoms. The van der Waals surface area contributed by atoms with E-state index in [9.17, 15) is 24.2 Å². The van der Waals surface area contributed by atoms with Crippen LogP contribution < -0.4 is 5.43 Å². The molecular formula is C21H18FNO5. The molecule has 2 N–H and O–H groups in total. The number of phenolic OH excluding ortho intramolecular Hbond substituents is 1. The lowest BCUT2D eigenvalue weighted by Crippen LogP contribution is -2.35. The molecule has 1 atom stereocenters. The fraction of sp³-hybridized carbons (Fsp3) is 0.238. The summed E-state index contributed by atoms with van der Waals surface area (Å²) in [6, 6.07) is 7.79. The van der Waals surface area contributed by atoms with Crippen LogP contribution in [0.5, 0.6) is 5.75 Å². The van der Waals surface area contributed by atoms with Gasteiger partial charge in [-0.1, -0.05) is 12.1 Å². The molecule has 1 aromatic heterocycles. The van der Waals surface area contributed by atoms with Gasteiger partial charge in [-0.15, -0.1) is 0 Å². The van der Waals surface area contributed by atoms with E-state index in [1.54, 1.807) is 4.90 Å². The average molecular weight is 383 g/mol. The van der Waals surface area contributed by atoms with Gasteiger partial charge in [0.2, 0.25) is 5.43 Å². The topological polar surface area (TPSA) is 91.0 Å². The third-order valence-electron chi connectivity index (χ3n) is 5.18. The number of carboxylic acids is 1. The summed E-state index contributed by atoms with van der Waals surface area (Å²) in [5.74, 6) is -1.36. The van der Waals surface area contributed by atoms with Crippen molar-refractivity contribution in [1.82, 2.24) is 4.90 Å². The Labute approximate surface area is 159 Å². The second kappa shape index (κ2) is 7.09. The second-order valence-electron chi connectivity index (χ2n) is 6.89. The average Bonchev–Trinajstić information content (AvgIpc) is 3.14. The number of hydrogen-bond acceptors (Lipinski definition) is 5. The Balaban J connectivity index is 1.79. The molecule has 0 radical (unpaired) electrons. The van der Waals surface area contributed by atoms with Crippen molar-refractivity contribution in [1.29, 1.82) is 0 Å². The van der Waals surface area contributed by atoms with Crippen molar-refractivity contribution in [2.75, 3.05) is 6.54 Å². The first-order valence-electron chi connectivity index (χ1n) is 8.95. The van der Waals surface area contributed by atoms with Crippen LogP contribution in [0.15, 0.2) is 51.9 Å². The first-order chi connectivity index (χ1) is 13.5. The van der Waals surface area contributed by atoms with Crippen LogP contribution >= 0.6 is 0 Å². The summed E-state index contributed by atoms with van der Waals surface area (Å²) in [6.45, 7) is 0.754. The maximum absolute atomic E-state index is 13.2. The minimum absolute atomic E-state index is 0.0544. The Kier molecular flexibility index (Phi) is 4.60. The van der Waals surface area contributed by atoms with Gasteiger partial charge in [0, 0.05) is 6.54 Å². The summed E-state index contributed by atoms with van der Waals surface area (Å²) in [5, 5.41) is 20.0. The number of aliphatic carboxylic acids is 1. The number of rotatable bonds is 4. The summed E-state index contributed by atoms with van der Waals surface area (Å²) in [6.07, 6.45) is 2.58. The molecular weight excluding hydrogens is 365 g/mol. The molecule has 3 aromatic rings. The van der Waals surface area contributed by atoms with E-state index >= 15 is 0 Å². The summed E-state index contributed by atoms with van der Waals surface area (Å²) in [5.41, 5.74) is 1.12. The van der Waals surface area contributed by atoms with Gasteiger partial charge in [0.05, 0.1) is 16.5 Å². The molecule has 0 aliphatic carbocycles. The van der Waals surface area contributed by atoms with Crippen molar-refractivity contribution >= 4 is 16.9 Å². The van der Waals surface area contributed by atoms with Gasteiger partial charge in [-0.05, 0) is 49.2 Å². The highest BCUT2D eigenvalue weighted by Gasteiger charge is 2.31. The van der Waals surface area contributed by atoms with E-state index in [0.29, 0.717) is 24.1 Å². The molecule has 0 saturated carbocycles. The fourth-order valence-electron chi connectivity index (χ4n) is 3.73. The zero-order valence-corrected chi connectivity index (χ0v) is 14.9. The van der Waals surface area contributed by atoms with Gasteiger partial charge in [-0.25, -0.2) is 4.39 Å². The zero-order valence-electron chi connectivity index (χ0n) is 14.9. The lowest BCUT2D eigenvalue weighted by atomic mass is 10.0. The van der Waals surface area contributed by atoms with Crippen LogP contribution in [-0.4, -0.2) is 33.7 Å². The Hall–Kier alpha value is -3.19. The quantitative estimate of drug-likeness (QED) is 0.718. The van der Waals surface area contributed by atoms with Crippen LogP contribution in [-0.2, 0) is 11.3 Å². The Morgan fingerprint density at radius 3 is 2.68 bits per heavy atom. The lowest BCUT2D eigenvalue weighted by Gasteiger charge is -2.22. The number of likely N-dealkylation sites (tertiary alicyclic amines) is 1. The minimum Gasteiger partial charge on any atom is -0.507 e. The third-order valence-corrected chi connectivity index (χ3v) is 5.18. The molecule has 1 aliphatic heterocycles. The van der Waals surface area contributed by atoms with E-state index in [1.807, 2.05) is 0 Å². The van der Waals surface area contributed by atoms with E-state index < -0.39 is 17.8 Å². The molecule has 0 unspecified atom stereocenters. The molecule has 6 nitrogen and oxygen atoms in total. The number of nitrogens with zero attached hydrogens (tertiary/aromatic N) is 1. The number of carbonyl (C=O) groups is 1. The highest BCUT2D eigenvalue weighted by atomic mass is 19.1. The predicted octanol–water partition coefficient (Wildman–Crippen LogP) is 3.35. The van der Waals surface area contributed by atoms with Gasteiger partial charge in [0.15, 0.2) is 0 Å². The summed E-state index contributed by atoms with van der Waals surface area (Å²) >= 11 is 0. The van der Waals surface area contributed by atoms with Gasteiger partial charge in [-0.3, -0.25) is 14.5 Å². The second-order valence-corrected chi connectivity index (χ2v) is 6.89. The Morgan fingerprint density at radius 2 is 1.96 bits per heavy atom. The lowest BCUT2D eigenvalue weighted by molar-refractivity contribution is -0.142. The molecule has 2 heterocycles. The maximum atomic E-state index is 13.2. The van der Waals surface area contributed by atoms with Crippen LogP contribution in [0.25, 0.3) is 22.1 Å². The van der Waals surface area contributed by atoms with Gasteiger partial charge >= 0.3 is 5.97 Å². The van der Waals surface area contributed by atoms with Crippen molar-refractivity contribution in [3.05, 3.63) is 64.3 Å². The molecule has 2 aromatic carbocycles. The largest absolute Gasteiger partial charge is 0.507 e. The summed E-state index contributed by atoms with van der Waals surface area (Å²) < 4.78 is 18.9. The van der Waals surface area contributed by atoms with Gasteiger partial charge in [-0.2, -0.15) is 0 Å². The van der Waals surface area contributed by atoms with Crippen LogP contribution in [0, 0.1) is 5.82 Å². The van der Waals surface area contributed by atoms with Gasteiger partial charge in [0.1, 0.15) is 29.5 Å². The van der Waals surface area contributed by atoms with Gasteiger partial charge in [0.25, 0.3) is 0 Å². The Morgan fingerprint density at radius 1 is 1.21 bits per heavy atom. The van der Waals surface area contributed by atoms with Crippen molar-refractivity contribution in [2.24, 2.45) is 0 Å². The number of carboxylic acid groups (broad SMARTS) is 1. The number of fused-ring (bicyclic) bond motifs is 1.